The molecule has 2 N–H and O–H groups in total. The summed E-state index contributed by atoms with van der Waals surface area (Å²) in [5, 5.41) is 6.52. The van der Waals surface area contributed by atoms with Crippen LogP contribution in [0, 0.1) is 5.82 Å². The first-order valence-electron chi connectivity index (χ1n) is 9.23. The van der Waals surface area contributed by atoms with E-state index in [-0.39, 0.29) is 18.1 Å². The number of H-pyrrole nitrogens is 1. The molecule has 0 saturated heterocycles. The van der Waals surface area contributed by atoms with E-state index in [1.54, 1.807) is 13.2 Å². The van der Waals surface area contributed by atoms with E-state index in [0.29, 0.717) is 13.0 Å². The second-order valence-electron chi connectivity index (χ2n) is 6.66. The maximum Gasteiger partial charge on any atom is 0.226 e. The fourth-order valence-corrected chi connectivity index (χ4v) is 4.01. The number of carbonyl (C=O) groups excluding carboxylic acids is 1. The van der Waals surface area contributed by atoms with Crippen molar-refractivity contribution in [2.75, 3.05) is 13.7 Å². The molecule has 4 aromatic rings. The number of nitrogens with one attached hydrogen (secondary N) is 2. The molecule has 148 valence electrons. The van der Waals surface area contributed by atoms with Crippen LogP contribution in [0.5, 0.6) is 5.75 Å². The van der Waals surface area contributed by atoms with Crippen molar-refractivity contribution in [1.29, 1.82) is 0 Å². The lowest BCUT2D eigenvalue weighted by atomic mass is 10.1. The number of aromatic amines is 1. The summed E-state index contributed by atoms with van der Waals surface area (Å²) in [6.45, 7) is 0.481. The maximum absolute atomic E-state index is 13.5. The number of carbonyl (C=O) groups is 1. The van der Waals surface area contributed by atoms with Gasteiger partial charge in [0.15, 0.2) is 0 Å². The number of amides is 1. The number of methoxy groups -OCH3 is 1. The molecule has 5 nitrogen and oxygen atoms in total. The second-order valence-corrected chi connectivity index (χ2v) is 7.51. The minimum atomic E-state index is -0.266. The number of benzene rings is 2. The molecule has 7 heteroatoms. The number of hydrogen-bond donors (Lipinski definition) is 2. The Bertz CT molecular complexity index is 1150. The van der Waals surface area contributed by atoms with Crippen LogP contribution >= 0.6 is 11.3 Å². The van der Waals surface area contributed by atoms with Crippen molar-refractivity contribution in [3.8, 4) is 16.3 Å². The van der Waals surface area contributed by atoms with E-state index in [1.807, 2.05) is 35.8 Å². The third kappa shape index (κ3) is 4.46. The molecule has 0 saturated carbocycles. The second kappa shape index (κ2) is 8.45. The van der Waals surface area contributed by atoms with Gasteiger partial charge in [0.1, 0.15) is 16.6 Å². The predicted octanol–water partition coefficient (Wildman–Crippen LogP) is 4.34. The van der Waals surface area contributed by atoms with Crippen molar-refractivity contribution in [2.45, 2.75) is 12.8 Å². The van der Waals surface area contributed by atoms with Gasteiger partial charge in [0.25, 0.3) is 0 Å². The highest BCUT2D eigenvalue weighted by Crippen LogP contribution is 2.27. The SMILES string of the molecule is COc1cccc(-c2nc(CC(=O)NCCc3c[nH]c4ccc(F)cc34)cs2)c1. The van der Waals surface area contributed by atoms with Gasteiger partial charge in [-0.2, -0.15) is 0 Å². The van der Waals surface area contributed by atoms with E-state index in [4.69, 9.17) is 4.74 Å². The molecule has 0 radical (unpaired) electrons. The fourth-order valence-electron chi connectivity index (χ4n) is 3.20. The fraction of sp³-hybridized carbons (Fsp3) is 0.182. The molecular weight excluding hydrogens is 389 g/mol. The molecule has 29 heavy (non-hydrogen) atoms. The minimum absolute atomic E-state index is 0.0847. The Morgan fingerprint density at radius 3 is 3.03 bits per heavy atom. The highest BCUT2D eigenvalue weighted by molar-refractivity contribution is 7.13. The zero-order chi connectivity index (χ0) is 20.2. The molecule has 0 aliphatic carbocycles. The number of nitrogens with zero attached hydrogens (tertiary/aromatic N) is 1. The summed E-state index contributed by atoms with van der Waals surface area (Å²) in [5.41, 5.74) is 3.57. The van der Waals surface area contributed by atoms with Gasteiger partial charge in [-0.05, 0) is 42.3 Å². The maximum atomic E-state index is 13.5. The van der Waals surface area contributed by atoms with E-state index in [1.165, 1.54) is 23.5 Å². The molecule has 0 fully saturated rings. The zero-order valence-corrected chi connectivity index (χ0v) is 16.7. The van der Waals surface area contributed by atoms with Crippen LogP contribution in [0.1, 0.15) is 11.3 Å². The van der Waals surface area contributed by atoms with E-state index >= 15 is 0 Å². The molecule has 0 spiro atoms. The number of aromatic nitrogens is 2. The van der Waals surface area contributed by atoms with Gasteiger partial charge in [0.2, 0.25) is 5.91 Å². The molecule has 4 rings (SSSR count). The lowest BCUT2D eigenvalue weighted by molar-refractivity contribution is -0.120. The van der Waals surface area contributed by atoms with E-state index in [0.717, 1.165) is 38.5 Å². The summed E-state index contributed by atoms with van der Waals surface area (Å²) >= 11 is 1.50. The van der Waals surface area contributed by atoms with Crippen LogP contribution in [-0.2, 0) is 17.6 Å². The molecule has 0 aliphatic rings. The highest BCUT2D eigenvalue weighted by atomic mass is 32.1. The average Bonchev–Trinajstić information content (AvgIpc) is 3.35. The van der Waals surface area contributed by atoms with Crippen LogP contribution in [0.15, 0.2) is 54.0 Å². The Hall–Kier alpha value is -3.19. The van der Waals surface area contributed by atoms with E-state index in [2.05, 4.69) is 15.3 Å². The first-order valence-corrected chi connectivity index (χ1v) is 10.1. The Kier molecular flexibility index (Phi) is 5.57. The molecular formula is C22H20FN3O2S. The van der Waals surface area contributed by atoms with Crippen LogP contribution in [-0.4, -0.2) is 29.5 Å². The molecule has 1 amide bonds. The van der Waals surface area contributed by atoms with Gasteiger partial charge in [-0.25, -0.2) is 9.37 Å². The van der Waals surface area contributed by atoms with E-state index in [9.17, 15) is 9.18 Å². The monoisotopic (exact) mass is 409 g/mol. The van der Waals surface area contributed by atoms with Crippen LogP contribution in [0.25, 0.3) is 21.5 Å². The third-order valence-electron chi connectivity index (χ3n) is 4.66. The summed E-state index contributed by atoms with van der Waals surface area (Å²) in [6.07, 6.45) is 2.71. The number of ether oxygens (including phenoxy) is 1. The summed E-state index contributed by atoms with van der Waals surface area (Å²) in [4.78, 5) is 20.0. The summed E-state index contributed by atoms with van der Waals surface area (Å²) in [6, 6.07) is 12.3. The molecule has 2 heterocycles. The number of thiazole rings is 1. The Balaban J connectivity index is 1.33. The van der Waals surface area contributed by atoms with Crippen molar-refractivity contribution >= 4 is 28.1 Å². The summed E-state index contributed by atoms with van der Waals surface area (Å²) in [7, 11) is 1.63. The van der Waals surface area contributed by atoms with Crippen LogP contribution < -0.4 is 10.1 Å². The van der Waals surface area contributed by atoms with Crippen LogP contribution in [0.4, 0.5) is 4.39 Å². The third-order valence-corrected chi connectivity index (χ3v) is 5.60. The lowest BCUT2D eigenvalue weighted by Crippen LogP contribution is -2.27. The average molecular weight is 409 g/mol. The number of rotatable bonds is 7. The minimum Gasteiger partial charge on any atom is -0.497 e. The predicted molar refractivity (Wildman–Crippen MR) is 113 cm³/mol. The van der Waals surface area contributed by atoms with Crippen molar-refractivity contribution in [3.05, 3.63) is 71.1 Å². The first kappa shape index (κ1) is 19.1. The standard InChI is InChI=1S/C22H20FN3O2S/c1-28-18-4-2-3-14(9-18)22-26-17(13-29-22)11-21(27)24-8-7-15-12-25-20-6-5-16(23)10-19(15)20/h2-6,9-10,12-13,25H,7-8,11H2,1H3,(H,24,27). The van der Waals surface area contributed by atoms with Crippen molar-refractivity contribution in [1.82, 2.24) is 15.3 Å². The topological polar surface area (TPSA) is 67.0 Å². The lowest BCUT2D eigenvalue weighted by Gasteiger charge is -2.04. The Labute approximate surface area is 171 Å². The smallest absolute Gasteiger partial charge is 0.226 e. The van der Waals surface area contributed by atoms with Gasteiger partial charge in [-0.1, -0.05) is 12.1 Å². The number of fused-ring (bicyclic) bond motifs is 1. The summed E-state index contributed by atoms with van der Waals surface area (Å²) < 4.78 is 18.7. The quantitative estimate of drug-likeness (QED) is 0.477. The van der Waals surface area contributed by atoms with Gasteiger partial charge in [-0.3, -0.25) is 4.79 Å². The Morgan fingerprint density at radius 2 is 2.17 bits per heavy atom. The Morgan fingerprint density at radius 1 is 1.28 bits per heavy atom. The van der Waals surface area contributed by atoms with Crippen molar-refractivity contribution in [2.24, 2.45) is 0 Å². The van der Waals surface area contributed by atoms with Gasteiger partial charge < -0.3 is 15.0 Å². The number of hydrogen-bond acceptors (Lipinski definition) is 4. The van der Waals surface area contributed by atoms with E-state index < -0.39 is 0 Å². The normalized spacial score (nSPS) is 11.0. The first-order chi connectivity index (χ1) is 14.1. The largest absolute Gasteiger partial charge is 0.497 e. The number of halogens is 1. The zero-order valence-electron chi connectivity index (χ0n) is 15.9. The highest BCUT2D eigenvalue weighted by Gasteiger charge is 2.10. The van der Waals surface area contributed by atoms with Gasteiger partial charge >= 0.3 is 0 Å². The van der Waals surface area contributed by atoms with Gasteiger partial charge in [0.05, 0.1) is 19.2 Å². The summed E-state index contributed by atoms with van der Waals surface area (Å²) in [5.74, 6) is 0.422. The molecule has 2 aromatic carbocycles. The van der Waals surface area contributed by atoms with Crippen LogP contribution in [0.3, 0.4) is 0 Å². The van der Waals surface area contributed by atoms with Crippen LogP contribution in [0.2, 0.25) is 0 Å². The molecule has 0 atom stereocenters. The molecule has 0 bridgehead atoms. The molecule has 0 unspecified atom stereocenters. The van der Waals surface area contributed by atoms with Crippen molar-refractivity contribution in [3.63, 3.8) is 0 Å². The molecule has 2 aromatic heterocycles. The van der Waals surface area contributed by atoms with Gasteiger partial charge in [0, 0.05) is 34.6 Å². The van der Waals surface area contributed by atoms with Gasteiger partial charge in [-0.15, -0.1) is 11.3 Å². The molecule has 0 aliphatic heterocycles. The van der Waals surface area contributed by atoms with Crippen molar-refractivity contribution < 1.29 is 13.9 Å².